The molecule has 0 aliphatic rings. The molecule has 7 nitrogen and oxygen atoms in total. The van der Waals surface area contributed by atoms with Gasteiger partial charge in [-0.05, 0) is 25.1 Å². The minimum Gasteiger partial charge on any atom is -0.478 e. The van der Waals surface area contributed by atoms with Crippen LogP contribution in [0.15, 0.2) is 41.3 Å². The van der Waals surface area contributed by atoms with Crippen molar-refractivity contribution < 1.29 is 14.8 Å². The molecule has 0 aliphatic carbocycles. The number of nitrogens with zero attached hydrogens (tertiary/aromatic N) is 2. The minimum atomic E-state index is -1.16. The number of rotatable bonds is 3. The number of benzene rings is 1. The molecule has 0 aliphatic heterocycles. The smallest absolute Gasteiger partial charge is 0.337 e. The molecule has 2 aromatic rings. The number of hydrogen-bond donors (Lipinski definition) is 1. The summed E-state index contributed by atoms with van der Waals surface area (Å²) in [5.74, 6) is -1.16. The van der Waals surface area contributed by atoms with Gasteiger partial charge in [-0.25, -0.2) is 4.79 Å². The molecular weight excluding hydrogens is 264 g/mol. The second kappa shape index (κ2) is 4.96. The number of carboxylic acid groups (broad SMARTS) is 1. The first-order valence-electron chi connectivity index (χ1n) is 5.61. The van der Waals surface area contributed by atoms with E-state index in [2.05, 4.69) is 0 Å². The largest absolute Gasteiger partial charge is 0.478 e. The van der Waals surface area contributed by atoms with E-state index < -0.39 is 16.5 Å². The molecule has 0 saturated heterocycles. The Morgan fingerprint density at radius 1 is 1.30 bits per heavy atom. The second-order valence-corrected chi connectivity index (χ2v) is 4.16. The summed E-state index contributed by atoms with van der Waals surface area (Å²) in [5, 5.41) is 19.7. The molecule has 1 heterocycles. The lowest BCUT2D eigenvalue weighted by Crippen LogP contribution is -2.18. The summed E-state index contributed by atoms with van der Waals surface area (Å²) < 4.78 is 1.14. The van der Waals surface area contributed by atoms with Crippen LogP contribution in [0.4, 0.5) is 5.69 Å². The first-order valence-corrected chi connectivity index (χ1v) is 5.61. The van der Waals surface area contributed by atoms with E-state index in [-0.39, 0.29) is 11.3 Å². The average Bonchev–Trinajstić information content (AvgIpc) is 2.38. The van der Waals surface area contributed by atoms with Crippen molar-refractivity contribution in [2.24, 2.45) is 0 Å². The third-order valence-corrected chi connectivity index (χ3v) is 2.81. The molecule has 0 bridgehead atoms. The van der Waals surface area contributed by atoms with Gasteiger partial charge in [-0.3, -0.25) is 19.5 Å². The number of carboxylic acids is 1. The molecule has 0 radical (unpaired) electrons. The Hall–Kier alpha value is -2.96. The molecule has 1 aromatic carbocycles. The van der Waals surface area contributed by atoms with Gasteiger partial charge in [0, 0.05) is 29.6 Å². The summed E-state index contributed by atoms with van der Waals surface area (Å²) in [5.41, 5.74) is 0.251. The fraction of sp³-hybridized carbons (Fsp3) is 0.0769. The number of pyridine rings is 1. The maximum absolute atomic E-state index is 11.8. The molecule has 0 fully saturated rings. The third-order valence-electron chi connectivity index (χ3n) is 2.81. The summed E-state index contributed by atoms with van der Waals surface area (Å²) in [4.78, 5) is 32.9. The van der Waals surface area contributed by atoms with E-state index in [0.717, 1.165) is 10.6 Å². The Kier molecular flexibility index (Phi) is 3.34. The maximum Gasteiger partial charge on any atom is 0.337 e. The van der Waals surface area contributed by atoms with Gasteiger partial charge in [-0.2, -0.15) is 0 Å². The monoisotopic (exact) mass is 274 g/mol. The predicted molar refractivity (Wildman–Crippen MR) is 70.4 cm³/mol. The maximum atomic E-state index is 11.8. The molecule has 102 valence electrons. The van der Waals surface area contributed by atoms with E-state index in [0.29, 0.717) is 11.3 Å². The highest BCUT2D eigenvalue weighted by Gasteiger charge is 2.12. The lowest BCUT2D eigenvalue weighted by molar-refractivity contribution is -0.385. The molecule has 1 N–H and O–H groups in total. The van der Waals surface area contributed by atoms with Crippen LogP contribution in [-0.2, 0) is 0 Å². The first kappa shape index (κ1) is 13.5. The van der Waals surface area contributed by atoms with Gasteiger partial charge >= 0.3 is 5.97 Å². The molecule has 0 atom stereocenters. The summed E-state index contributed by atoms with van der Waals surface area (Å²) in [6, 6.07) is 6.49. The molecule has 2 rings (SSSR count). The van der Waals surface area contributed by atoms with Crippen molar-refractivity contribution >= 4 is 11.7 Å². The van der Waals surface area contributed by atoms with Crippen molar-refractivity contribution in [1.29, 1.82) is 0 Å². The van der Waals surface area contributed by atoms with Gasteiger partial charge in [-0.1, -0.05) is 0 Å². The van der Waals surface area contributed by atoms with Crippen molar-refractivity contribution in [2.75, 3.05) is 0 Å². The number of aryl methyl sites for hydroxylation is 1. The van der Waals surface area contributed by atoms with Crippen molar-refractivity contribution in [3.63, 3.8) is 0 Å². The van der Waals surface area contributed by atoms with E-state index in [4.69, 9.17) is 5.11 Å². The van der Waals surface area contributed by atoms with Crippen LogP contribution in [0.25, 0.3) is 5.69 Å². The van der Waals surface area contributed by atoms with Crippen LogP contribution in [0, 0.1) is 17.0 Å². The average molecular weight is 274 g/mol. The summed E-state index contributed by atoms with van der Waals surface area (Å²) in [6.45, 7) is 1.55. The molecule has 0 spiro atoms. The number of nitro benzene ring substituents is 1. The normalized spacial score (nSPS) is 10.2. The van der Waals surface area contributed by atoms with Crippen LogP contribution >= 0.6 is 0 Å². The van der Waals surface area contributed by atoms with Gasteiger partial charge in [0.15, 0.2) is 0 Å². The molecular formula is C13H10N2O5. The fourth-order valence-corrected chi connectivity index (χ4v) is 1.81. The second-order valence-electron chi connectivity index (χ2n) is 4.16. The van der Waals surface area contributed by atoms with Crippen LogP contribution in [0.1, 0.15) is 15.9 Å². The van der Waals surface area contributed by atoms with Gasteiger partial charge in [0.05, 0.1) is 10.5 Å². The highest BCUT2D eigenvalue weighted by Crippen LogP contribution is 2.20. The Bertz CT molecular complexity index is 764. The number of nitro groups is 1. The van der Waals surface area contributed by atoms with E-state index in [1.165, 1.54) is 30.5 Å². The van der Waals surface area contributed by atoms with E-state index >= 15 is 0 Å². The molecule has 7 heteroatoms. The predicted octanol–water partition coefficient (Wildman–Crippen LogP) is 1.75. The quantitative estimate of drug-likeness (QED) is 0.678. The number of aromatic carboxylic acids is 1. The first-order chi connectivity index (χ1) is 9.40. The Labute approximate surface area is 112 Å². The standard InChI is InChI=1S/C13H10N2O5/c1-8-6-10(3-4-11(8)15(19)20)14-7-9(13(17)18)2-5-12(14)16/h2-7H,1H3,(H,17,18). The van der Waals surface area contributed by atoms with Crippen LogP contribution in [0.5, 0.6) is 0 Å². The number of hydrogen-bond acceptors (Lipinski definition) is 4. The fourth-order valence-electron chi connectivity index (χ4n) is 1.81. The lowest BCUT2D eigenvalue weighted by Gasteiger charge is -2.07. The van der Waals surface area contributed by atoms with Crippen molar-refractivity contribution in [3.05, 3.63) is 68.1 Å². The van der Waals surface area contributed by atoms with Gasteiger partial charge in [0.25, 0.3) is 11.2 Å². The zero-order valence-corrected chi connectivity index (χ0v) is 10.4. The summed E-state index contributed by atoms with van der Waals surface area (Å²) in [7, 11) is 0. The van der Waals surface area contributed by atoms with E-state index in [9.17, 15) is 19.7 Å². The molecule has 20 heavy (non-hydrogen) atoms. The third kappa shape index (κ3) is 2.41. The van der Waals surface area contributed by atoms with Crippen LogP contribution in [-0.4, -0.2) is 20.6 Å². The van der Waals surface area contributed by atoms with Crippen molar-refractivity contribution in [1.82, 2.24) is 4.57 Å². The van der Waals surface area contributed by atoms with Crippen LogP contribution in [0.3, 0.4) is 0 Å². The zero-order valence-electron chi connectivity index (χ0n) is 10.4. The SMILES string of the molecule is Cc1cc(-n2cc(C(=O)O)ccc2=O)ccc1[N+](=O)[O-]. The van der Waals surface area contributed by atoms with Gasteiger partial charge in [0.1, 0.15) is 0 Å². The number of carbonyl (C=O) groups is 1. The van der Waals surface area contributed by atoms with Gasteiger partial charge in [-0.15, -0.1) is 0 Å². The summed E-state index contributed by atoms with van der Waals surface area (Å²) in [6.07, 6.45) is 1.19. The van der Waals surface area contributed by atoms with Crippen LogP contribution < -0.4 is 5.56 Å². The molecule has 1 aromatic heterocycles. The number of aromatic nitrogens is 1. The van der Waals surface area contributed by atoms with Gasteiger partial charge < -0.3 is 5.11 Å². The molecule has 0 unspecified atom stereocenters. The summed E-state index contributed by atoms with van der Waals surface area (Å²) >= 11 is 0. The van der Waals surface area contributed by atoms with E-state index in [1.54, 1.807) is 6.92 Å². The zero-order chi connectivity index (χ0) is 14.9. The van der Waals surface area contributed by atoms with E-state index in [1.807, 2.05) is 0 Å². The highest BCUT2D eigenvalue weighted by molar-refractivity contribution is 5.87. The Morgan fingerprint density at radius 2 is 2.00 bits per heavy atom. The van der Waals surface area contributed by atoms with Crippen LogP contribution in [0.2, 0.25) is 0 Å². The van der Waals surface area contributed by atoms with Gasteiger partial charge in [0.2, 0.25) is 0 Å². The molecule has 0 saturated carbocycles. The molecule has 0 amide bonds. The minimum absolute atomic E-state index is 0.0411. The topological polar surface area (TPSA) is 102 Å². The lowest BCUT2D eigenvalue weighted by atomic mass is 10.1. The Balaban J connectivity index is 2.60. The highest BCUT2D eigenvalue weighted by atomic mass is 16.6. The van der Waals surface area contributed by atoms with Crippen molar-refractivity contribution in [2.45, 2.75) is 6.92 Å². The van der Waals surface area contributed by atoms with Crippen molar-refractivity contribution in [3.8, 4) is 5.69 Å². The Morgan fingerprint density at radius 3 is 2.55 bits per heavy atom.